The zero-order chi connectivity index (χ0) is 20.3. The van der Waals surface area contributed by atoms with E-state index in [-0.39, 0.29) is 28.5 Å². The van der Waals surface area contributed by atoms with Gasteiger partial charge in [0, 0.05) is 10.4 Å². The molecule has 1 aliphatic carbocycles. The molecule has 1 N–H and O–H groups in total. The molecule has 2 aromatic rings. The van der Waals surface area contributed by atoms with Crippen LogP contribution in [-0.4, -0.2) is 32.3 Å². The molecule has 7 nitrogen and oxygen atoms in total. The molecule has 1 aromatic heterocycles. The summed E-state index contributed by atoms with van der Waals surface area (Å²) in [5.74, 6) is -0.814. The second kappa shape index (κ2) is 8.43. The largest absolute Gasteiger partial charge is 0.545 e. The highest BCUT2D eigenvalue weighted by Crippen LogP contribution is 2.33. The number of carboxylic acids is 1. The predicted molar refractivity (Wildman–Crippen MR) is 104 cm³/mol. The minimum atomic E-state index is -1.43. The predicted octanol–water partition coefficient (Wildman–Crippen LogP) is 2.02. The van der Waals surface area contributed by atoms with E-state index in [4.69, 9.17) is 9.47 Å². The van der Waals surface area contributed by atoms with Crippen LogP contribution in [0.2, 0.25) is 0 Å². The van der Waals surface area contributed by atoms with Gasteiger partial charge in [-0.15, -0.1) is 11.3 Å². The molecule has 0 bridgehead atoms. The third-order valence-electron chi connectivity index (χ3n) is 4.70. The Balaban J connectivity index is 1.78. The molecule has 28 heavy (non-hydrogen) atoms. The van der Waals surface area contributed by atoms with E-state index in [1.165, 1.54) is 48.3 Å². The molecule has 1 heterocycles. The van der Waals surface area contributed by atoms with Crippen molar-refractivity contribution in [1.82, 2.24) is 5.43 Å². The number of carbonyl (C=O) groups excluding carboxylic acids is 2. The Kier molecular flexibility index (Phi) is 5.99. The lowest BCUT2D eigenvalue weighted by Crippen LogP contribution is -2.25. The van der Waals surface area contributed by atoms with Crippen molar-refractivity contribution in [3.63, 3.8) is 0 Å². The SMILES string of the molecule is COc1ccc(/C=N\NC(=O)c2cc3c(s2)CC[C@@H](C)C3)c(C(=O)[O-])c1OC. The fourth-order valence-corrected chi connectivity index (χ4v) is 4.39. The first-order valence-corrected chi connectivity index (χ1v) is 9.67. The second-order valence-electron chi connectivity index (χ2n) is 6.66. The Hall–Kier alpha value is -2.87. The summed E-state index contributed by atoms with van der Waals surface area (Å²) in [4.78, 5) is 25.8. The Morgan fingerprint density at radius 1 is 1.32 bits per heavy atom. The van der Waals surface area contributed by atoms with Crippen LogP contribution in [0.5, 0.6) is 11.5 Å². The molecule has 1 aromatic carbocycles. The quantitative estimate of drug-likeness (QED) is 0.590. The molecular formula is C20H21N2O5S-. The van der Waals surface area contributed by atoms with Gasteiger partial charge in [-0.2, -0.15) is 5.10 Å². The Bertz CT molecular complexity index is 935. The fourth-order valence-electron chi connectivity index (χ4n) is 3.29. The third kappa shape index (κ3) is 4.01. The van der Waals surface area contributed by atoms with E-state index in [1.54, 1.807) is 6.07 Å². The minimum Gasteiger partial charge on any atom is -0.545 e. The van der Waals surface area contributed by atoms with Crippen LogP contribution in [0.15, 0.2) is 23.3 Å². The third-order valence-corrected chi connectivity index (χ3v) is 5.94. The van der Waals surface area contributed by atoms with Gasteiger partial charge in [-0.25, -0.2) is 5.43 Å². The van der Waals surface area contributed by atoms with Crippen LogP contribution < -0.4 is 20.0 Å². The van der Waals surface area contributed by atoms with E-state index in [9.17, 15) is 14.7 Å². The number of methoxy groups -OCH3 is 2. The van der Waals surface area contributed by atoms with E-state index in [1.807, 2.05) is 6.07 Å². The van der Waals surface area contributed by atoms with Crippen molar-refractivity contribution < 1.29 is 24.2 Å². The summed E-state index contributed by atoms with van der Waals surface area (Å²) in [5, 5.41) is 15.4. The number of rotatable bonds is 6. The number of hydrazone groups is 1. The number of nitrogens with one attached hydrogen (secondary N) is 1. The lowest BCUT2D eigenvalue weighted by Gasteiger charge is -2.16. The average Bonchev–Trinajstić information content (AvgIpc) is 3.10. The Labute approximate surface area is 167 Å². The van der Waals surface area contributed by atoms with E-state index in [0.717, 1.165) is 19.3 Å². The molecule has 0 saturated carbocycles. The lowest BCUT2D eigenvalue weighted by atomic mass is 9.90. The van der Waals surface area contributed by atoms with Crippen molar-refractivity contribution >= 4 is 29.4 Å². The summed E-state index contributed by atoms with van der Waals surface area (Å²) in [7, 11) is 2.75. The maximum atomic E-state index is 12.4. The van der Waals surface area contributed by atoms with Crippen LogP contribution in [0.4, 0.5) is 0 Å². The molecule has 0 radical (unpaired) electrons. The summed E-state index contributed by atoms with van der Waals surface area (Å²) in [6, 6.07) is 4.99. The molecule has 8 heteroatoms. The standard InChI is InChI=1S/C20H22N2O5S/c1-11-4-7-15-13(8-11)9-16(28-15)19(23)22-21-10-12-5-6-14(26-2)18(27-3)17(12)20(24)25/h5-6,9-11H,4,7-8H2,1-3H3,(H,22,23)(H,24,25)/p-1/b21-10-/t11-/m1/s1. The monoisotopic (exact) mass is 401 g/mol. The number of aromatic carboxylic acids is 1. The first-order valence-electron chi connectivity index (χ1n) is 8.85. The van der Waals surface area contributed by atoms with Crippen molar-refractivity contribution in [3.05, 3.63) is 44.6 Å². The number of nitrogens with zero attached hydrogens (tertiary/aromatic N) is 1. The lowest BCUT2D eigenvalue weighted by molar-refractivity contribution is -0.255. The normalized spacial score (nSPS) is 15.9. The van der Waals surface area contributed by atoms with Gasteiger partial charge in [-0.1, -0.05) is 6.92 Å². The number of amides is 1. The number of aryl methyl sites for hydroxylation is 1. The van der Waals surface area contributed by atoms with E-state index >= 15 is 0 Å². The van der Waals surface area contributed by atoms with Crippen molar-refractivity contribution in [2.75, 3.05) is 14.2 Å². The summed E-state index contributed by atoms with van der Waals surface area (Å²) in [6.07, 6.45) is 4.37. The molecule has 1 aliphatic rings. The minimum absolute atomic E-state index is 0.0397. The molecule has 0 fully saturated rings. The second-order valence-corrected chi connectivity index (χ2v) is 7.80. The summed E-state index contributed by atoms with van der Waals surface area (Å²) >= 11 is 1.48. The van der Waals surface area contributed by atoms with Crippen molar-refractivity contribution in [3.8, 4) is 11.5 Å². The molecule has 1 amide bonds. The summed E-state index contributed by atoms with van der Waals surface area (Å²) < 4.78 is 10.2. The number of ether oxygens (including phenoxy) is 2. The van der Waals surface area contributed by atoms with E-state index in [0.29, 0.717) is 10.8 Å². The topological polar surface area (TPSA) is 100 Å². The van der Waals surface area contributed by atoms with Gasteiger partial charge in [0.15, 0.2) is 11.5 Å². The molecular weight excluding hydrogens is 380 g/mol. The van der Waals surface area contributed by atoms with Gasteiger partial charge in [-0.3, -0.25) is 4.79 Å². The van der Waals surface area contributed by atoms with Crippen LogP contribution in [0.1, 0.15) is 49.4 Å². The Morgan fingerprint density at radius 3 is 2.79 bits per heavy atom. The zero-order valence-electron chi connectivity index (χ0n) is 15.9. The first kappa shape index (κ1) is 19.9. The van der Waals surface area contributed by atoms with Gasteiger partial charge >= 0.3 is 0 Å². The van der Waals surface area contributed by atoms with Crippen molar-refractivity contribution in [1.29, 1.82) is 0 Å². The number of fused-ring (bicyclic) bond motifs is 1. The highest BCUT2D eigenvalue weighted by atomic mass is 32.1. The van der Waals surface area contributed by atoms with Gasteiger partial charge in [0.25, 0.3) is 5.91 Å². The first-order chi connectivity index (χ1) is 13.4. The molecule has 3 rings (SSSR count). The van der Waals surface area contributed by atoms with Gasteiger partial charge < -0.3 is 19.4 Å². The number of thiophene rings is 1. The fraction of sp³-hybridized carbons (Fsp3) is 0.350. The van der Waals surface area contributed by atoms with Crippen LogP contribution in [0.3, 0.4) is 0 Å². The Morgan fingerprint density at radius 2 is 2.11 bits per heavy atom. The molecule has 0 saturated heterocycles. The maximum absolute atomic E-state index is 12.4. The van der Waals surface area contributed by atoms with Crippen molar-refractivity contribution in [2.24, 2.45) is 11.0 Å². The highest BCUT2D eigenvalue weighted by molar-refractivity contribution is 7.14. The van der Waals surface area contributed by atoms with Gasteiger partial charge in [0.2, 0.25) is 0 Å². The number of carbonyl (C=O) groups is 2. The molecule has 148 valence electrons. The van der Waals surface area contributed by atoms with Crippen LogP contribution in [-0.2, 0) is 12.8 Å². The molecule has 0 unspecified atom stereocenters. The molecule has 0 spiro atoms. The summed E-state index contributed by atoms with van der Waals surface area (Å²) in [5.41, 5.74) is 3.73. The van der Waals surface area contributed by atoms with E-state index < -0.39 is 5.97 Å². The van der Waals surface area contributed by atoms with Crippen LogP contribution in [0, 0.1) is 5.92 Å². The summed E-state index contributed by atoms with van der Waals surface area (Å²) in [6.45, 7) is 2.21. The number of benzene rings is 1. The highest BCUT2D eigenvalue weighted by Gasteiger charge is 2.20. The molecule has 0 aliphatic heterocycles. The van der Waals surface area contributed by atoms with E-state index in [2.05, 4.69) is 17.5 Å². The van der Waals surface area contributed by atoms with Gasteiger partial charge in [0.05, 0.1) is 36.8 Å². The average molecular weight is 401 g/mol. The smallest absolute Gasteiger partial charge is 0.281 e. The number of hydrogen-bond acceptors (Lipinski definition) is 7. The van der Waals surface area contributed by atoms with Gasteiger partial charge in [-0.05, 0) is 48.9 Å². The molecule has 1 atom stereocenters. The van der Waals surface area contributed by atoms with Crippen LogP contribution in [0.25, 0.3) is 0 Å². The maximum Gasteiger partial charge on any atom is 0.281 e. The zero-order valence-corrected chi connectivity index (χ0v) is 16.7. The van der Waals surface area contributed by atoms with Crippen LogP contribution >= 0.6 is 11.3 Å². The van der Waals surface area contributed by atoms with Gasteiger partial charge in [0.1, 0.15) is 0 Å². The number of hydrogen-bond donors (Lipinski definition) is 1. The number of carboxylic acid groups (broad SMARTS) is 1. The van der Waals surface area contributed by atoms with Crippen molar-refractivity contribution in [2.45, 2.75) is 26.2 Å².